The van der Waals surface area contributed by atoms with Crippen molar-refractivity contribution in [2.45, 2.75) is 95.1 Å². The highest BCUT2D eigenvalue weighted by Gasteiger charge is 2.34. The summed E-state index contributed by atoms with van der Waals surface area (Å²) in [5, 5.41) is 0. The molecule has 0 saturated heterocycles. The first-order valence-electron chi connectivity index (χ1n) is 17.1. The molecule has 2 aliphatic carbocycles. The molecular formula is C36H42N4O8S4. The van der Waals surface area contributed by atoms with Crippen molar-refractivity contribution in [1.29, 1.82) is 0 Å². The van der Waals surface area contributed by atoms with E-state index in [2.05, 4.69) is 18.9 Å². The van der Waals surface area contributed by atoms with Crippen LogP contribution >= 0.6 is 0 Å². The van der Waals surface area contributed by atoms with Gasteiger partial charge in [0.25, 0.3) is 0 Å². The minimum atomic E-state index is -4.00. The summed E-state index contributed by atoms with van der Waals surface area (Å²) >= 11 is 0. The van der Waals surface area contributed by atoms with Crippen molar-refractivity contribution in [1.82, 2.24) is 18.9 Å². The molecule has 0 unspecified atom stereocenters. The van der Waals surface area contributed by atoms with E-state index in [4.69, 9.17) is 0 Å². The van der Waals surface area contributed by atoms with Crippen LogP contribution in [0.1, 0.15) is 51.4 Å². The summed E-state index contributed by atoms with van der Waals surface area (Å²) in [7, 11) is -15.7. The number of hydrogen-bond donors (Lipinski definition) is 4. The Kier molecular flexibility index (Phi) is 11.7. The normalized spacial score (nSPS) is 21.8. The van der Waals surface area contributed by atoms with Crippen molar-refractivity contribution in [3.05, 3.63) is 109 Å². The average Bonchev–Trinajstić information content (AvgIpc) is 3.14. The van der Waals surface area contributed by atoms with Gasteiger partial charge in [0, 0.05) is 24.2 Å². The molecule has 4 N–H and O–H groups in total. The van der Waals surface area contributed by atoms with Crippen molar-refractivity contribution >= 4 is 40.1 Å². The van der Waals surface area contributed by atoms with E-state index in [9.17, 15) is 33.7 Å². The SMILES string of the molecule is O=S(=O)(N[C@@H]1CCCC[C@H]1NS(=O)(=O)c1ccc(-c2ccc(S(=O)(=O)N[C@@H]3CCCC[C@H]3NS(=O)(=O)c3ccccc3)cc2)cc1)c1ccccc1. The summed E-state index contributed by atoms with van der Waals surface area (Å²) in [6.07, 6.45) is 4.99. The molecule has 0 radical (unpaired) electrons. The molecule has 0 aromatic heterocycles. The monoisotopic (exact) mass is 786 g/mol. The maximum absolute atomic E-state index is 13.4. The van der Waals surface area contributed by atoms with E-state index in [0.717, 1.165) is 25.7 Å². The fourth-order valence-electron chi connectivity index (χ4n) is 6.75. The lowest BCUT2D eigenvalue weighted by Gasteiger charge is -2.32. The van der Waals surface area contributed by atoms with E-state index in [1.54, 1.807) is 60.7 Å². The summed E-state index contributed by atoms with van der Waals surface area (Å²) < 4.78 is 116. The van der Waals surface area contributed by atoms with Gasteiger partial charge >= 0.3 is 0 Å². The van der Waals surface area contributed by atoms with E-state index in [1.165, 1.54) is 48.5 Å². The van der Waals surface area contributed by atoms with Gasteiger partial charge in [0.05, 0.1) is 19.6 Å². The zero-order chi connectivity index (χ0) is 37.0. The number of rotatable bonds is 13. The van der Waals surface area contributed by atoms with Crippen LogP contribution in [0.4, 0.5) is 0 Å². The van der Waals surface area contributed by atoms with E-state index in [-0.39, 0.29) is 19.6 Å². The molecule has 12 nitrogen and oxygen atoms in total. The minimum Gasteiger partial charge on any atom is -0.207 e. The lowest BCUT2D eigenvalue weighted by Crippen LogP contribution is -2.52. The van der Waals surface area contributed by atoms with Crippen molar-refractivity contribution in [3.63, 3.8) is 0 Å². The van der Waals surface area contributed by atoms with Crippen molar-refractivity contribution in [2.24, 2.45) is 0 Å². The van der Waals surface area contributed by atoms with Crippen LogP contribution in [-0.2, 0) is 40.1 Å². The van der Waals surface area contributed by atoms with E-state index >= 15 is 0 Å². The maximum atomic E-state index is 13.4. The molecule has 0 heterocycles. The fraction of sp³-hybridized carbons (Fsp3) is 0.333. The molecule has 16 heteroatoms. The molecule has 6 rings (SSSR count). The molecule has 4 atom stereocenters. The lowest BCUT2D eigenvalue weighted by molar-refractivity contribution is 0.340. The maximum Gasteiger partial charge on any atom is 0.240 e. The van der Waals surface area contributed by atoms with Gasteiger partial charge in [-0.2, -0.15) is 0 Å². The number of hydrogen-bond acceptors (Lipinski definition) is 8. The van der Waals surface area contributed by atoms with Crippen molar-refractivity contribution < 1.29 is 33.7 Å². The lowest BCUT2D eigenvalue weighted by atomic mass is 9.92. The Morgan fingerprint density at radius 2 is 0.558 bits per heavy atom. The number of nitrogens with one attached hydrogen (secondary N) is 4. The Hall–Kier alpha value is -3.48. The molecule has 4 aromatic rings. The summed E-state index contributed by atoms with van der Waals surface area (Å²) in [4.78, 5) is 0.253. The second-order valence-corrected chi connectivity index (χ2v) is 20.0. The minimum absolute atomic E-state index is 0.0137. The summed E-state index contributed by atoms with van der Waals surface area (Å²) in [6, 6.07) is 25.7. The Morgan fingerprint density at radius 3 is 0.808 bits per heavy atom. The predicted octanol–water partition coefficient (Wildman–Crippen LogP) is 4.49. The Balaban J connectivity index is 1.10. The predicted molar refractivity (Wildman–Crippen MR) is 198 cm³/mol. The number of benzene rings is 4. The van der Waals surface area contributed by atoms with E-state index in [0.29, 0.717) is 36.8 Å². The number of sulfonamides is 4. The largest absolute Gasteiger partial charge is 0.240 e. The van der Waals surface area contributed by atoms with Gasteiger partial charge in [-0.3, -0.25) is 0 Å². The first-order chi connectivity index (χ1) is 24.7. The van der Waals surface area contributed by atoms with Crippen LogP contribution in [0.3, 0.4) is 0 Å². The highest BCUT2D eigenvalue weighted by atomic mass is 32.2. The van der Waals surface area contributed by atoms with Crippen LogP contribution in [0.2, 0.25) is 0 Å². The van der Waals surface area contributed by atoms with Crippen molar-refractivity contribution in [3.8, 4) is 11.1 Å². The first kappa shape index (κ1) is 38.3. The third-order valence-corrected chi connectivity index (χ3v) is 15.6. The standard InChI is InChI=1S/C36H42N4O8S4/c41-49(42,29-11-3-1-4-12-29)37-33-15-7-9-17-35(33)39-51(45,46)31-23-19-27(20-24-31)28-21-25-32(26-22-28)52(47,48)40-36-18-10-8-16-34(36)38-50(43,44)30-13-5-2-6-14-30/h1-6,11-14,19-26,33-40H,7-10,15-18H2/t33-,34-,35-,36-/m1/s1. The Morgan fingerprint density at radius 1 is 0.327 bits per heavy atom. The van der Waals surface area contributed by atoms with Gasteiger partial charge in [-0.25, -0.2) is 52.6 Å². The van der Waals surface area contributed by atoms with E-state index in [1.807, 2.05) is 0 Å². The van der Waals surface area contributed by atoms with Crippen LogP contribution in [0, 0.1) is 0 Å². The third-order valence-electron chi connectivity index (χ3n) is 9.53. The smallest absolute Gasteiger partial charge is 0.207 e. The zero-order valence-corrected chi connectivity index (χ0v) is 31.5. The molecule has 0 aliphatic heterocycles. The second-order valence-electron chi connectivity index (χ2n) is 13.2. The molecule has 0 spiro atoms. The van der Waals surface area contributed by atoms with Gasteiger partial charge in [0.2, 0.25) is 40.1 Å². The molecule has 4 aromatic carbocycles. The molecule has 0 bridgehead atoms. The van der Waals surface area contributed by atoms with Gasteiger partial charge in [-0.15, -0.1) is 0 Å². The third kappa shape index (κ3) is 9.17. The van der Waals surface area contributed by atoms with Crippen LogP contribution < -0.4 is 18.9 Å². The molecule has 278 valence electrons. The molecule has 2 saturated carbocycles. The summed E-state index contributed by atoms with van der Waals surface area (Å²) in [5.74, 6) is 0. The Bertz CT molecular complexity index is 2110. The quantitative estimate of drug-likeness (QED) is 0.153. The van der Waals surface area contributed by atoms with Gasteiger partial charge in [-0.1, -0.05) is 86.3 Å². The van der Waals surface area contributed by atoms with Crippen LogP contribution in [-0.4, -0.2) is 57.8 Å². The zero-order valence-electron chi connectivity index (χ0n) is 28.3. The van der Waals surface area contributed by atoms with Crippen LogP contribution in [0.5, 0.6) is 0 Å². The summed E-state index contributed by atoms with van der Waals surface area (Å²) in [5.41, 5.74) is 1.31. The van der Waals surface area contributed by atoms with Gasteiger partial charge in [0.1, 0.15) is 0 Å². The molecular weight excluding hydrogens is 745 g/mol. The fourth-order valence-corrected chi connectivity index (χ4v) is 12.0. The summed E-state index contributed by atoms with van der Waals surface area (Å²) in [6.45, 7) is 0. The molecule has 2 fully saturated rings. The van der Waals surface area contributed by atoms with Crippen molar-refractivity contribution in [2.75, 3.05) is 0 Å². The second kappa shape index (κ2) is 15.9. The molecule has 2 aliphatic rings. The molecule has 52 heavy (non-hydrogen) atoms. The van der Waals surface area contributed by atoms with Crippen LogP contribution in [0.25, 0.3) is 11.1 Å². The first-order valence-corrected chi connectivity index (χ1v) is 23.1. The van der Waals surface area contributed by atoms with E-state index < -0.39 is 64.3 Å². The average molecular weight is 787 g/mol. The van der Waals surface area contributed by atoms with Gasteiger partial charge in [-0.05, 0) is 85.3 Å². The van der Waals surface area contributed by atoms with Gasteiger partial charge < -0.3 is 0 Å². The highest BCUT2D eigenvalue weighted by molar-refractivity contribution is 7.90. The topological polar surface area (TPSA) is 185 Å². The van der Waals surface area contributed by atoms with Crippen LogP contribution in [0.15, 0.2) is 129 Å². The highest BCUT2D eigenvalue weighted by Crippen LogP contribution is 2.27. The van der Waals surface area contributed by atoms with Gasteiger partial charge in [0.15, 0.2) is 0 Å². The Labute approximate surface area is 306 Å². The molecule has 0 amide bonds.